The molecule has 0 atom stereocenters. The predicted molar refractivity (Wildman–Crippen MR) is 166 cm³/mol. The van der Waals surface area contributed by atoms with Gasteiger partial charge in [0.2, 0.25) is 0 Å². The minimum absolute atomic E-state index is 1.03. The molecule has 0 N–H and O–H groups in total. The van der Waals surface area contributed by atoms with Crippen LogP contribution in [0.1, 0.15) is 0 Å². The predicted octanol–water partition coefficient (Wildman–Crippen LogP) is 8.98. The molecule has 4 heteroatoms. The summed E-state index contributed by atoms with van der Waals surface area (Å²) >= 11 is 0. The van der Waals surface area contributed by atoms with Crippen LogP contribution in [0.15, 0.2) is 134 Å². The van der Waals surface area contributed by atoms with Gasteiger partial charge in [-0.3, -0.25) is 9.97 Å². The lowest BCUT2D eigenvalue weighted by molar-refractivity contribution is 1.16. The standard InChI is InChI=1S/C36H22N4/c1-2-11-24(12-3-1)39-30-16-6-5-14-27(30)33-34-28(15-9-20-38-34)32-26-13-4-7-17-31(26)40(35(32)36(33)39)29-18-8-10-23-22-37-21-19-25(23)29/h1-22H. The van der Waals surface area contributed by atoms with Crippen LogP contribution in [0.3, 0.4) is 0 Å². The van der Waals surface area contributed by atoms with Crippen molar-refractivity contribution >= 4 is 65.3 Å². The summed E-state index contributed by atoms with van der Waals surface area (Å²) in [6, 6.07) is 41.0. The van der Waals surface area contributed by atoms with E-state index in [0.717, 1.165) is 33.2 Å². The zero-order chi connectivity index (χ0) is 26.2. The van der Waals surface area contributed by atoms with Gasteiger partial charge in [0.25, 0.3) is 0 Å². The molecule has 0 spiro atoms. The third kappa shape index (κ3) is 2.74. The van der Waals surface area contributed by atoms with E-state index in [0.29, 0.717) is 0 Å². The topological polar surface area (TPSA) is 35.6 Å². The van der Waals surface area contributed by atoms with Gasteiger partial charge in [0, 0.05) is 62.0 Å². The largest absolute Gasteiger partial charge is 0.307 e. The minimum Gasteiger partial charge on any atom is -0.307 e. The van der Waals surface area contributed by atoms with E-state index in [1.54, 1.807) is 0 Å². The lowest BCUT2D eigenvalue weighted by atomic mass is 10.0. The zero-order valence-electron chi connectivity index (χ0n) is 21.5. The SMILES string of the molecule is c1ccc(-n2c3ccccc3c3c4ncccc4c4c5ccccc5n(-c5cccc6cnccc56)c4c32)cc1. The molecule has 0 bridgehead atoms. The normalized spacial score (nSPS) is 12.0. The van der Waals surface area contributed by atoms with Crippen LogP contribution >= 0.6 is 0 Å². The van der Waals surface area contributed by atoms with Crippen LogP contribution in [0.5, 0.6) is 0 Å². The van der Waals surface area contributed by atoms with E-state index >= 15 is 0 Å². The first-order valence-corrected chi connectivity index (χ1v) is 13.5. The van der Waals surface area contributed by atoms with Crippen LogP contribution < -0.4 is 0 Å². The molecule has 0 fully saturated rings. The van der Waals surface area contributed by atoms with Crippen molar-refractivity contribution in [3.05, 3.63) is 134 Å². The molecule has 0 aliphatic carbocycles. The zero-order valence-corrected chi connectivity index (χ0v) is 21.5. The van der Waals surface area contributed by atoms with E-state index in [1.165, 1.54) is 43.5 Å². The lowest BCUT2D eigenvalue weighted by Crippen LogP contribution is -2.00. The van der Waals surface area contributed by atoms with Crippen LogP contribution in [0.4, 0.5) is 0 Å². The molecule has 0 saturated carbocycles. The fraction of sp³-hybridized carbons (Fsp3) is 0. The van der Waals surface area contributed by atoms with E-state index in [4.69, 9.17) is 4.98 Å². The highest BCUT2D eigenvalue weighted by Gasteiger charge is 2.25. The van der Waals surface area contributed by atoms with Crippen LogP contribution in [0, 0.1) is 0 Å². The second-order valence-corrected chi connectivity index (χ2v) is 10.3. The quantitative estimate of drug-likeness (QED) is 0.233. The monoisotopic (exact) mass is 510 g/mol. The average Bonchev–Trinajstić information content (AvgIpc) is 3.55. The molecule has 40 heavy (non-hydrogen) atoms. The maximum absolute atomic E-state index is 5.02. The van der Waals surface area contributed by atoms with Crippen molar-refractivity contribution in [1.29, 1.82) is 0 Å². The van der Waals surface area contributed by atoms with E-state index in [1.807, 2.05) is 18.6 Å². The van der Waals surface area contributed by atoms with E-state index in [2.05, 4.69) is 129 Å². The maximum Gasteiger partial charge on any atom is 0.0811 e. The summed E-state index contributed by atoms with van der Waals surface area (Å²) in [4.78, 5) is 9.44. The number of pyridine rings is 2. The Hall–Kier alpha value is -5.48. The van der Waals surface area contributed by atoms with Crippen LogP contribution in [-0.4, -0.2) is 19.1 Å². The summed E-state index contributed by atoms with van der Waals surface area (Å²) in [5.41, 5.74) is 7.98. The van der Waals surface area contributed by atoms with Gasteiger partial charge in [-0.25, -0.2) is 0 Å². The Bertz CT molecular complexity index is 2430. The lowest BCUT2D eigenvalue weighted by Gasteiger charge is -2.15. The second-order valence-electron chi connectivity index (χ2n) is 10.3. The van der Waals surface area contributed by atoms with Crippen LogP contribution in [0.2, 0.25) is 0 Å². The van der Waals surface area contributed by atoms with Gasteiger partial charge in [0.05, 0.1) is 33.3 Å². The average molecular weight is 511 g/mol. The molecule has 186 valence electrons. The Labute approximate surface area is 229 Å². The van der Waals surface area contributed by atoms with E-state index in [-0.39, 0.29) is 0 Å². The number of para-hydroxylation sites is 3. The first-order valence-electron chi connectivity index (χ1n) is 13.5. The van der Waals surface area contributed by atoms with Gasteiger partial charge in [-0.05, 0) is 42.5 Å². The Balaban J connectivity index is 1.67. The number of hydrogen-bond acceptors (Lipinski definition) is 2. The Morgan fingerprint density at radius 2 is 1.18 bits per heavy atom. The number of benzene rings is 5. The molecule has 0 unspecified atom stereocenters. The molecule has 0 saturated heterocycles. The number of hydrogen-bond donors (Lipinski definition) is 0. The summed E-state index contributed by atoms with van der Waals surface area (Å²) in [7, 11) is 0. The highest BCUT2D eigenvalue weighted by molar-refractivity contribution is 6.35. The van der Waals surface area contributed by atoms with Crippen molar-refractivity contribution in [1.82, 2.24) is 19.1 Å². The first-order chi connectivity index (χ1) is 19.9. The Morgan fingerprint density at radius 3 is 2.02 bits per heavy atom. The smallest absolute Gasteiger partial charge is 0.0811 e. The number of fused-ring (bicyclic) bond motifs is 11. The number of nitrogens with zero attached hydrogens (tertiary/aromatic N) is 4. The van der Waals surface area contributed by atoms with E-state index < -0.39 is 0 Å². The van der Waals surface area contributed by atoms with Crippen molar-refractivity contribution in [2.24, 2.45) is 0 Å². The molecule has 9 rings (SSSR count). The Morgan fingerprint density at radius 1 is 0.475 bits per heavy atom. The van der Waals surface area contributed by atoms with E-state index in [9.17, 15) is 0 Å². The minimum atomic E-state index is 1.03. The van der Waals surface area contributed by atoms with Crippen molar-refractivity contribution in [2.45, 2.75) is 0 Å². The van der Waals surface area contributed by atoms with Crippen molar-refractivity contribution in [3.63, 3.8) is 0 Å². The van der Waals surface area contributed by atoms with Gasteiger partial charge >= 0.3 is 0 Å². The molecule has 4 heterocycles. The fourth-order valence-corrected chi connectivity index (χ4v) is 6.64. The van der Waals surface area contributed by atoms with Gasteiger partial charge in [-0.2, -0.15) is 0 Å². The van der Waals surface area contributed by atoms with Crippen molar-refractivity contribution < 1.29 is 0 Å². The second kappa shape index (κ2) is 8.01. The highest BCUT2D eigenvalue weighted by atomic mass is 15.0. The third-order valence-corrected chi connectivity index (χ3v) is 8.20. The first kappa shape index (κ1) is 21.5. The van der Waals surface area contributed by atoms with Crippen molar-refractivity contribution in [2.75, 3.05) is 0 Å². The molecule has 0 aliphatic rings. The summed E-state index contributed by atoms with van der Waals surface area (Å²) in [5.74, 6) is 0. The third-order valence-electron chi connectivity index (χ3n) is 8.20. The van der Waals surface area contributed by atoms with Gasteiger partial charge in [-0.15, -0.1) is 0 Å². The highest BCUT2D eigenvalue weighted by Crippen LogP contribution is 2.46. The molecule has 0 amide bonds. The van der Waals surface area contributed by atoms with Crippen molar-refractivity contribution in [3.8, 4) is 11.4 Å². The summed E-state index contributed by atoms with van der Waals surface area (Å²) in [6.07, 6.45) is 5.75. The van der Waals surface area contributed by atoms with Crippen LogP contribution in [-0.2, 0) is 0 Å². The van der Waals surface area contributed by atoms with Gasteiger partial charge in [0.1, 0.15) is 0 Å². The van der Waals surface area contributed by atoms with Gasteiger partial charge in [-0.1, -0.05) is 72.8 Å². The summed E-state index contributed by atoms with van der Waals surface area (Å²) in [5, 5.41) is 8.26. The summed E-state index contributed by atoms with van der Waals surface area (Å²) in [6.45, 7) is 0. The molecular weight excluding hydrogens is 488 g/mol. The van der Waals surface area contributed by atoms with Gasteiger partial charge < -0.3 is 9.13 Å². The Kier molecular flexibility index (Phi) is 4.30. The molecular formula is C36H22N4. The number of rotatable bonds is 2. The molecule has 5 aromatic carbocycles. The molecule has 4 nitrogen and oxygen atoms in total. The molecule has 0 aliphatic heterocycles. The number of aromatic nitrogens is 4. The molecule has 0 radical (unpaired) electrons. The summed E-state index contributed by atoms with van der Waals surface area (Å²) < 4.78 is 4.88. The van der Waals surface area contributed by atoms with Crippen LogP contribution in [0.25, 0.3) is 76.7 Å². The van der Waals surface area contributed by atoms with Gasteiger partial charge in [0.15, 0.2) is 0 Å². The molecule has 4 aromatic heterocycles. The maximum atomic E-state index is 5.02. The fourth-order valence-electron chi connectivity index (χ4n) is 6.64. The molecule has 9 aromatic rings.